The normalized spacial score (nSPS) is 10.3. The molecule has 0 aliphatic carbocycles. The lowest BCUT2D eigenvalue weighted by Gasteiger charge is -2.10. The third kappa shape index (κ3) is 5.19. The summed E-state index contributed by atoms with van der Waals surface area (Å²) in [6.45, 7) is 2.67. The molecule has 0 aliphatic rings. The van der Waals surface area contributed by atoms with Gasteiger partial charge in [-0.25, -0.2) is 0 Å². The maximum atomic E-state index is 11.8. The molecule has 0 saturated carbocycles. The molecular weight excluding hydrogens is 342 g/mol. The van der Waals surface area contributed by atoms with Crippen molar-refractivity contribution in [3.63, 3.8) is 0 Å². The minimum absolute atomic E-state index is 0.0125. The highest BCUT2D eigenvalue weighted by molar-refractivity contribution is 9.10. The van der Waals surface area contributed by atoms with Crippen molar-refractivity contribution in [3.05, 3.63) is 64.1 Å². The van der Waals surface area contributed by atoms with E-state index in [1.165, 1.54) is 5.56 Å². The molecule has 2 aromatic rings. The highest BCUT2D eigenvalue weighted by Crippen LogP contribution is 2.26. The Bertz CT molecular complexity index is 614. The Hall–Kier alpha value is -1.81. The van der Waals surface area contributed by atoms with Crippen molar-refractivity contribution in [3.8, 4) is 5.75 Å². The van der Waals surface area contributed by atoms with Gasteiger partial charge in [-0.1, -0.05) is 49.7 Å². The van der Waals surface area contributed by atoms with Crippen molar-refractivity contribution in [2.45, 2.75) is 26.3 Å². The van der Waals surface area contributed by atoms with Crippen LogP contribution in [0.25, 0.3) is 0 Å². The second-order valence-corrected chi connectivity index (χ2v) is 5.92. The lowest BCUT2D eigenvalue weighted by Crippen LogP contribution is -2.28. The van der Waals surface area contributed by atoms with Crippen LogP contribution in [0.1, 0.15) is 24.5 Å². The first-order chi connectivity index (χ1) is 10.7. The summed E-state index contributed by atoms with van der Waals surface area (Å²) in [7, 11) is 0. The van der Waals surface area contributed by atoms with E-state index in [4.69, 9.17) is 4.74 Å². The Morgan fingerprint density at radius 3 is 2.59 bits per heavy atom. The summed E-state index contributed by atoms with van der Waals surface area (Å²) in [6, 6.07) is 15.8. The third-order valence-electron chi connectivity index (χ3n) is 3.23. The summed E-state index contributed by atoms with van der Waals surface area (Å²) in [5.74, 6) is 0.558. The van der Waals surface area contributed by atoms with Gasteiger partial charge in [0.15, 0.2) is 6.61 Å². The lowest BCUT2D eigenvalue weighted by atomic mass is 10.1. The highest BCUT2D eigenvalue weighted by Gasteiger charge is 2.06. The smallest absolute Gasteiger partial charge is 0.258 e. The van der Waals surface area contributed by atoms with Crippen molar-refractivity contribution in [2.75, 3.05) is 6.61 Å². The van der Waals surface area contributed by atoms with E-state index in [0.717, 1.165) is 22.9 Å². The number of nitrogens with one attached hydrogen (secondary N) is 1. The summed E-state index contributed by atoms with van der Waals surface area (Å²) < 4.78 is 6.44. The highest BCUT2D eigenvalue weighted by atomic mass is 79.9. The van der Waals surface area contributed by atoms with E-state index < -0.39 is 0 Å². The van der Waals surface area contributed by atoms with Crippen LogP contribution in [0, 0.1) is 0 Å². The van der Waals surface area contributed by atoms with Crippen LogP contribution in [0.15, 0.2) is 53.0 Å². The number of carbonyl (C=O) groups excluding carboxylic acids is 1. The number of halogens is 1. The second-order valence-electron chi connectivity index (χ2n) is 5.07. The Morgan fingerprint density at radius 1 is 1.14 bits per heavy atom. The minimum atomic E-state index is -0.131. The molecule has 116 valence electrons. The van der Waals surface area contributed by atoms with Crippen LogP contribution in [0.5, 0.6) is 5.75 Å². The molecule has 2 rings (SSSR count). The maximum absolute atomic E-state index is 11.8. The van der Waals surface area contributed by atoms with Gasteiger partial charge in [0, 0.05) is 6.54 Å². The summed E-state index contributed by atoms with van der Waals surface area (Å²) in [5, 5.41) is 2.84. The first-order valence-corrected chi connectivity index (χ1v) is 8.20. The molecule has 0 radical (unpaired) electrons. The molecule has 1 N–H and O–H groups in total. The van der Waals surface area contributed by atoms with E-state index in [9.17, 15) is 4.79 Å². The molecular formula is C18H20BrNO2. The molecule has 2 aromatic carbocycles. The van der Waals surface area contributed by atoms with E-state index in [-0.39, 0.29) is 12.5 Å². The predicted molar refractivity (Wildman–Crippen MR) is 91.9 cm³/mol. The van der Waals surface area contributed by atoms with Gasteiger partial charge in [-0.3, -0.25) is 4.79 Å². The van der Waals surface area contributed by atoms with Crippen LogP contribution >= 0.6 is 15.9 Å². The third-order valence-corrected chi connectivity index (χ3v) is 3.85. The van der Waals surface area contributed by atoms with Gasteiger partial charge in [0.25, 0.3) is 5.91 Å². The average Bonchev–Trinajstić information content (AvgIpc) is 2.53. The average molecular weight is 362 g/mol. The second kappa shape index (κ2) is 8.59. The van der Waals surface area contributed by atoms with Crippen molar-refractivity contribution in [1.82, 2.24) is 5.32 Å². The summed E-state index contributed by atoms with van der Waals surface area (Å²) in [5.41, 5.74) is 2.33. The Kier molecular flexibility index (Phi) is 6.46. The van der Waals surface area contributed by atoms with Gasteiger partial charge in [0.05, 0.1) is 4.47 Å². The molecule has 0 spiro atoms. The van der Waals surface area contributed by atoms with Gasteiger partial charge in [0.1, 0.15) is 5.75 Å². The molecule has 0 unspecified atom stereocenters. The fourth-order valence-electron chi connectivity index (χ4n) is 2.10. The van der Waals surface area contributed by atoms with E-state index in [2.05, 4.69) is 28.2 Å². The molecule has 4 heteroatoms. The number of carbonyl (C=O) groups is 1. The molecule has 0 heterocycles. The van der Waals surface area contributed by atoms with Gasteiger partial charge >= 0.3 is 0 Å². The van der Waals surface area contributed by atoms with E-state index in [1.54, 1.807) is 0 Å². The Balaban J connectivity index is 1.81. The summed E-state index contributed by atoms with van der Waals surface area (Å²) in [6.07, 6.45) is 2.14. The van der Waals surface area contributed by atoms with Crippen LogP contribution in [-0.2, 0) is 17.8 Å². The molecule has 22 heavy (non-hydrogen) atoms. The molecule has 0 aromatic heterocycles. The SMILES string of the molecule is CCCc1ccc(OCC(=O)NCc2ccccc2)c(Br)c1. The van der Waals surface area contributed by atoms with Crippen LogP contribution in [0.2, 0.25) is 0 Å². The lowest BCUT2D eigenvalue weighted by molar-refractivity contribution is -0.123. The minimum Gasteiger partial charge on any atom is -0.483 e. The van der Waals surface area contributed by atoms with Crippen LogP contribution in [0.3, 0.4) is 0 Å². The monoisotopic (exact) mass is 361 g/mol. The van der Waals surface area contributed by atoms with Gasteiger partial charge in [0.2, 0.25) is 0 Å². The van der Waals surface area contributed by atoms with Gasteiger partial charge in [-0.15, -0.1) is 0 Å². The number of hydrogen-bond donors (Lipinski definition) is 1. The van der Waals surface area contributed by atoms with Crippen molar-refractivity contribution in [2.24, 2.45) is 0 Å². The number of benzene rings is 2. The number of ether oxygens (including phenoxy) is 1. The molecule has 0 saturated heterocycles. The maximum Gasteiger partial charge on any atom is 0.258 e. The zero-order valence-corrected chi connectivity index (χ0v) is 14.2. The Labute approximate surface area is 139 Å². The molecule has 0 aliphatic heterocycles. The van der Waals surface area contributed by atoms with E-state index in [1.807, 2.05) is 48.5 Å². The summed E-state index contributed by atoms with van der Waals surface area (Å²) >= 11 is 3.49. The first-order valence-electron chi connectivity index (χ1n) is 7.41. The van der Waals surface area contributed by atoms with Crippen molar-refractivity contribution < 1.29 is 9.53 Å². The standard InChI is InChI=1S/C18H20BrNO2/c1-2-6-14-9-10-17(16(19)11-14)22-13-18(21)20-12-15-7-4-3-5-8-15/h3-5,7-11H,2,6,12-13H2,1H3,(H,20,21). The van der Waals surface area contributed by atoms with Crippen LogP contribution in [0.4, 0.5) is 0 Å². The van der Waals surface area contributed by atoms with Crippen molar-refractivity contribution in [1.29, 1.82) is 0 Å². The van der Waals surface area contributed by atoms with Crippen molar-refractivity contribution >= 4 is 21.8 Å². The topological polar surface area (TPSA) is 38.3 Å². The van der Waals surface area contributed by atoms with Gasteiger partial charge < -0.3 is 10.1 Å². The largest absolute Gasteiger partial charge is 0.483 e. The predicted octanol–water partition coefficient (Wildman–Crippen LogP) is 4.10. The molecule has 3 nitrogen and oxygen atoms in total. The first kappa shape index (κ1) is 16.6. The zero-order valence-electron chi connectivity index (χ0n) is 12.6. The molecule has 1 amide bonds. The summed E-state index contributed by atoms with van der Waals surface area (Å²) in [4.78, 5) is 11.8. The molecule has 0 bridgehead atoms. The number of hydrogen-bond acceptors (Lipinski definition) is 2. The molecule has 0 fully saturated rings. The van der Waals surface area contributed by atoms with Gasteiger partial charge in [-0.05, 0) is 45.6 Å². The zero-order chi connectivity index (χ0) is 15.8. The number of aryl methyl sites for hydroxylation is 1. The fraction of sp³-hybridized carbons (Fsp3) is 0.278. The van der Waals surface area contributed by atoms with E-state index in [0.29, 0.717) is 12.3 Å². The quantitative estimate of drug-likeness (QED) is 0.806. The van der Waals surface area contributed by atoms with Gasteiger partial charge in [-0.2, -0.15) is 0 Å². The number of rotatable bonds is 7. The number of amides is 1. The van der Waals surface area contributed by atoms with Crippen LogP contribution in [-0.4, -0.2) is 12.5 Å². The fourth-order valence-corrected chi connectivity index (χ4v) is 2.64. The van der Waals surface area contributed by atoms with Crippen LogP contribution < -0.4 is 10.1 Å². The molecule has 0 atom stereocenters. The Morgan fingerprint density at radius 2 is 1.91 bits per heavy atom. The van der Waals surface area contributed by atoms with E-state index >= 15 is 0 Å².